The van der Waals surface area contributed by atoms with Crippen molar-refractivity contribution in [3.8, 4) is 0 Å². The van der Waals surface area contributed by atoms with Gasteiger partial charge in [-0.3, -0.25) is 14.5 Å². The molecule has 0 bridgehead atoms. The predicted octanol–water partition coefficient (Wildman–Crippen LogP) is 2.42. The number of ketones is 2. The zero-order valence-corrected chi connectivity index (χ0v) is 14.6. The predicted molar refractivity (Wildman–Crippen MR) is 88.6 cm³/mol. The van der Waals surface area contributed by atoms with Crippen molar-refractivity contribution in [1.29, 1.82) is 0 Å². The number of carbonyl (C=O) groups excluding carboxylic acids is 2. The van der Waals surface area contributed by atoms with Gasteiger partial charge in [0.25, 0.3) is 0 Å². The monoisotopic (exact) mass is 321 g/mol. The highest BCUT2D eigenvalue weighted by atomic mass is 32.1. The number of nitrogens with one attached hydrogen (secondary N) is 1. The van der Waals surface area contributed by atoms with E-state index in [0.29, 0.717) is 34.9 Å². The molecule has 0 aromatic carbocycles. The summed E-state index contributed by atoms with van der Waals surface area (Å²) in [5.74, 6) is -0.313. The number of aromatic nitrogens is 1. The maximum Gasteiger partial charge on any atom is 0.228 e. The number of hydrogen-bond donors (Lipinski definition) is 1. The van der Waals surface area contributed by atoms with Crippen LogP contribution in [0, 0.1) is 6.92 Å². The number of carbonyl (C=O) groups is 2. The lowest BCUT2D eigenvalue weighted by Gasteiger charge is -2.30. The summed E-state index contributed by atoms with van der Waals surface area (Å²) in [7, 11) is 0. The van der Waals surface area contributed by atoms with Crippen LogP contribution in [0.1, 0.15) is 52.9 Å². The normalized spacial score (nSPS) is 14.8. The van der Waals surface area contributed by atoms with E-state index >= 15 is 0 Å². The standard InChI is InChI=1S/C16H23N3O2S/c1-9(2)19(10(3)4)7-6-17-12-8-13(20)16-14(15(12)21)18-11(5)22-16/h8-10,17H,6-7H2,1-5H3. The molecule has 1 heterocycles. The molecule has 0 radical (unpaired) electrons. The van der Waals surface area contributed by atoms with Crippen LogP contribution in [0.15, 0.2) is 11.8 Å². The SMILES string of the molecule is Cc1nc2c(s1)C(=O)C=C(NCCN(C(C)C)C(C)C)C2=O. The molecule has 2 rings (SSSR count). The lowest BCUT2D eigenvalue weighted by molar-refractivity contribution is 0.0976. The second-order valence-corrected chi connectivity index (χ2v) is 7.22. The smallest absolute Gasteiger partial charge is 0.228 e. The number of aryl methyl sites for hydroxylation is 1. The number of allylic oxidation sites excluding steroid dienone is 2. The number of thiazole rings is 1. The molecule has 22 heavy (non-hydrogen) atoms. The Morgan fingerprint density at radius 3 is 2.45 bits per heavy atom. The first-order valence-corrected chi connectivity index (χ1v) is 8.40. The van der Waals surface area contributed by atoms with Crippen LogP contribution in [0.4, 0.5) is 0 Å². The van der Waals surface area contributed by atoms with E-state index < -0.39 is 0 Å². The number of Topliss-reactive ketones (excluding diaryl/α,β-unsaturated/α-hetero) is 1. The molecule has 5 nitrogen and oxygen atoms in total. The van der Waals surface area contributed by atoms with Crippen LogP contribution in [0.3, 0.4) is 0 Å². The number of fused-ring (bicyclic) bond motifs is 1. The van der Waals surface area contributed by atoms with Gasteiger partial charge < -0.3 is 5.32 Å². The van der Waals surface area contributed by atoms with Gasteiger partial charge in [0.1, 0.15) is 10.6 Å². The van der Waals surface area contributed by atoms with E-state index in [0.717, 1.165) is 11.6 Å². The molecule has 0 atom stereocenters. The highest BCUT2D eigenvalue weighted by Crippen LogP contribution is 2.25. The lowest BCUT2D eigenvalue weighted by atomic mass is 10.0. The van der Waals surface area contributed by atoms with Crippen molar-refractivity contribution in [2.45, 2.75) is 46.7 Å². The lowest BCUT2D eigenvalue weighted by Crippen LogP contribution is -2.42. The van der Waals surface area contributed by atoms with Gasteiger partial charge >= 0.3 is 0 Å². The zero-order valence-electron chi connectivity index (χ0n) is 13.8. The van der Waals surface area contributed by atoms with Gasteiger partial charge in [-0.1, -0.05) is 0 Å². The minimum Gasteiger partial charge on any atom is -0.380 e. The molecule has 1 aliphatic carbocycles. The van der Waals surface area contributed by atoms with E-state index in [1.165, 1.54) is 17.4 Å². The maximum absolute atomic E-state index is 12.4. The minimum absolute atomic E-state index is 0.132. The molecule has 1 aromatic heterocycles. The van der Waals surface area contributed by atoms with Crippen molar-refractivity contribution in [2.75, 3.05) is 13.1 Å². The number of rotatable bonds is 6. The van der Waals surface area contributed by atoms with Gasteiger partial charge in [-0.2, -0.15) is 0 Å². The molecule has 1 aromatic rings. The van der Waals surface area contributed by atoms with E-state index in [1.807, 2.05) is 0 Å². The minimum atomic E-state index is -0.181. The molecule has 0 saturated carbocycles. The first-order chi connectivity index (χ1) is 10.3. The molecule has 0 amide bonds. The fourth-order valence-corrected chi connectivity index (χ4v) is 3.53. The maximum atomic E-state index is 12.4. The van der Waals surface area contributed by atoms with Gasteiger partial charge in [0.15, 0.2) is 5.78 Å². The Bertz CT molecular complexity index is 609. The van der Waals surface area contributed by atoms with Crippen molar-refractivity contribution in [1.82, 2.24) is 15.2 Å². The summed E-state index contributed by atoms with van der Waals surface area (Å²) in [6.45, 7) is 11.9. The third kappa shape index (κ3) is 3.44. The average Bonchev–Trinajstić information content (AvgIpc) is 2.81. The summed E-state index contributed by atoms with van der Waals surface area (Å²) in [5.41, 5.74) is 0.650. The van der Waals surface area contributed by atoms with Gasteiger partial charge in [0.05, 0.1) is 10.7 Å². The summed E-state index contributed by atoms with van der Waals surface area (Å²) >= 11 is 1.28. The van der Waals surface area contributed by atoms with E-state index in [-0.39, 0.29) is 11.6 Å². The molecule has 0 fully saturated rings. The Labute approximate surface area is 135 Å². The van der Waals surface area contributed by atoms with Crippen molar-refractivity contribution < 1.29 is 9.59 Å². The quantitative estimate of drug-likeness (QED) is 0.872. The fourth-order valence-electron chi connectivity index (χ4n) is 2.70. The van der Waals surface area contributed by atoms with Crippen molar-refractivity contribution in [3.63, 3.8) is 0 Å². The van der Waals surface area contributed by atoms with Gasteiger partial charge in [0.2, 0.25) is 5.78 Å². The first-order valence-electron chi connectivity index (χ1n) is 7.59. The molecule has 120 valence electrons. The Morgan fingerprint density at radius 2 is 1.86 bits per heavy atom. The molecule has 0 spiro atoms. The molecular weight excluding hydrogens is 298 g/mol. The highest BCUT2D eigenvalue weighted by Gasteiger charge is 2.29. The van der Waals surface area contributed by atoms with Gasteiger partial charge in [-0.15, -0.1) is 11.3 Å². The van der Waals surface area contributed by atoms with E-state index in [1.54, 1.807) is 6.92 Å². The summed E-state index contributed by atoms with van der Waals surface area (Å²) < 4.78 is 0. The third-order valence-corrected chi connectivity index (χ3v) is 4.69. The van der Waals surface area contributed by atoms with E-state index in [2.05, 4.69) is 42.9 Å². The summed E-state index contributed by atoms with van der Waals surface area (Å²) in [4.78, 5) is 31.4. The van der Waals surface area contributed by atoms with Gasteiger partial charge in [-0.05, 0) is 34.6 Å². The second-order valence-electron chi connectivity index (χ2n) is 6.01. The number of hydrogen-bond acceptors (Lipinski definition) is 6. The van der Waals surface area contributed by atoms with Crippen LogP contribution in [-0.2, 0) is 0 Å². The first kappa shape index (κ1) is 16.8. The average molecular weight is 321 g/mol. The highest BCUT2D eigenvalue weighted by molar-refractivity contribution is 7.14. The Hall–Kier alpha value is -1.53. The molecule has 0 unspecified atom stereocenters. The van der Waals surface area contributed by atoms with E-state index in [4.69, 9.17) is 0 Å². The van der Waals surface area contributed by atoms with Crippen LogP contribution in [0.5, 0.6) is 0 Å². The second kappa shape index (κ2) is 6.71. The summed E-state index contributed by atoms with van der Waals surface area (Å²) in [5, 5.41) is 3.85. The van der Waals surface area contributed by atoms with E-state index in [9.17, 15) is 9.59 Å². The third-order valence-electron chi connectivity index (χ3n) is 3.71. The van der Waals surface area contributed by atoms with Gasteiger partial charge in [-0.25, -0.2) is 4.98 Å². The molecule has 0 saturated heterocycles. The molecule has 1 N–H and O–H groups in total. The molecule has 6 heteroatoms. The molecular formula is C16H23N3O2S. The largest absolute Gasteiger partial charge is 0.380 e. The zero-order chi connectivity index (χ0) is 16.4. The summed E-state index contributed by atoms with van der Waals surface area (Å²) in [6.07, 6.45) is 1.40. The molecule has 0 aliphatic heterocycles. The van der Waals surface area contributed by atoms with Crippen molar-refractivity contribution in [2.24, 2.45) is 0 Å². The van der Waals surface area contributed by atoms with Crippen LogP contribution < -0.4 is 5.32 Å². The van der Waals surface area contributed by atoms with Crippen LogP contribution in [0.25, 0.3) is 0 Å². The van der Waals surface area contributed by atoms with Crippen molar-refractivity contribution >= 4 is 22.9 Å². The van der Waals surface area contributed by atoms with Gasteiger partial charge in [0, 0.05) is 31.2 Å². The Kier molecular flexibility index (Phi) is 5.13. The van der Waals surface area contributed by atoms with Crippen LogP contribution in [0.2, 0.25) is 0 Å². The van der Waals surface area contributed by atoms with Crippen molar-refractivity contribution in [3.05, 3.63) is 27.4 Å². The Morgan fingerprint density at radius 1 is 1.23 bits per heavy atom. The number of nitrogens with zero attached hydrogens (tertiary/aromatic N) is 2. The van der Waals surface area contributed by atoms with Crippen LogP contribution >= 0.6 is 11.3 Å². The fraction of sp³-hybridized carbons (Fsp3) is 0.562. The topological polar surface area (TPSA) is 62.3 Å². The summed E-state index contributed by atoms with van der Waals surface area (Å²) in [6, 6.07) is 0.875. The van der Waals surface area contributed by atoms with Crippen LogP contribution in [-0.4, -0.2) is 46.6 Å². The molecule has 1 aliphatic rings. The Balaban J connectivity index is 2.02.